The molecule has 4 rings (SSSR count). The maximum atomic E-state index is 13.2. The van der Waals surface area contributed by atoms with Crippen LogP contribution < -0.4 is 5.32 Å². The number of sulfonamides is 1. The van der Waals surface area contributed by atoms with E-state index in [0.717, 1.165) is 30.3 Å². The first-order chi connectivity index (χ1) is 14.5. The van der Waals surface area contributed by atoms with Crippen LogP contribution in [0, 0.1) is 5.92 Å². The quantitative estimate of drug-likeness (QED) is 0.605. The van der Waals surface area contributed by atoms with E-state index in [-0.39, 0.29) is 18.4 Å². The van der Waals surface area contributed by atoms with Crippen molar-refractivity contribution in [1.82, 2.24) is 14.2 Å². The van der Waals surface area contributed by atoms with Crippen LogP contribution in [-0.4, -0.2) is 42.8 Å². The number of thiophene rings is 1. The van der Waals surface area contributed by atoms with Crippen LogP contribution in [0.25, 0.3) is 10.9 Å². The number of fused-ring (bicyclic) bond motifs is 1. The van der Waals surface area contributed by atoms with E-state index in [9.17, 15) is 13.2 Å². The minimum absolute atomic E-state index is 0.0538. The molecule has 1 aliphatic rings. The van der Waals surface area contributed by atoms with Crippen LogP contribution in [-0.2, 0) is 27.8 Å². The maximum absolute atomic E-state index is 13.2. The van der Waals surface area contributed by atoms with Gasteiger partial charge in [-0.25, -0.2) is 8.42 Å². The Kier molecular flexibility index (Phi) is 6.26. The number of rotatable bonds is 7. The van der Waals surface area contributed by atoms with Gasteiger partial charge < -0.3 is 9.88 Å². The first kappa shape index (κ1) is 21.1. The molecule has 8 heteroatoms. The smallest absolute Gasteiger partial charge is 0.243 e. The molecule has 1 saturated heterocycles. The van der Waals surface area contributed by atoms with E-state index in [4.69, 9.17) is 0 Å². The Hall–Kier alpha value is -2.16. The summed E-state index contributed by atoms with van der Waals surface area (Å²) in [5.74, 6) is -0.358. The number of aryl methyl sites for hydroxylation is 1. The fraction of sp³-hybridized carbons (Fsp3) is 0.409. The van der Waals surface area contributed by atoms with Crippen LogP contribution >= 0.6 is 11.3 Å². The summed E-state index contributed by atoms with van der Waals surface area (Å²) in [6.07, 6.45) is 4.18. The second-order valence-corrected chi connectivity index (χ2v) is 10.6. The molecule has 160 valence electrons. The summed E-state index contributed by atoms with van der Waals surface area (Å²) in [5.41, 5.74) is 1.03. The summed E-state index contributed by atoms with van der Waals surface area (Å²) < 4.78 is 30.0. The van der Waals surface area contributed by atoms with Gasteiger partial charge in [-0.05, 0) is 61.9 Å². The largest absolute Gasteiger partial charge is 0.355 e. The van der Waals surface area contributed by atoms with Gasteiger partial charge in [0, 0.05) is 48.2 Å². The number of carbonyl (C=O) groups is 1. The second-order valence-electron chi connectivity index (χ2n) is 7.64. The summed E-state index contributed by atoms with van der Waals surface area (Å²) in [5, 5.41) is 5.92. The third-order valence-corrected chi connectivity index (χ3v) is 8.52. The van der Waals surface area contributed by atoms with E-state index in [2.05, 4.69) is 22.9 Å². The normalized spacial score (nSPS) is 18.0. The van der Waals surface area contributed by atoms with Gasteiger partial charge in [-0.15, -0.1) is 11.3 Å². The number of nitrogens with one attached hydrogen (secondary N) is 1. The SMILES string of the molecule is CCn1ccc2cc(S(=O)(=O)N3CCCC(C(=O)NCCc4cccs4)C3)ccc21. The van der Waals surface area contributed by atoms with Crippen molar-refractivity contribution < 1.29 is 13.2 Å². The molecule has 0 bridgehead atoms. The molecule has 3 heterocycles. The molecule has 1 N–H and O–H groups in total. The summed E-state index contributed by atoms with van der Waals surface area (Å²) >= 11 is 1.67. The number of hydrogen-bond acceptors (Lipinski definition) is 4. The minimum Gasteiger partial charge on any atom is -0.355 e. The van der Waals surface area contributed by atoms with E-state index in [0.29, 0.717) is 24.4 Å². The number of benzene rings is 1. The Balaban J connectivity index is 1.43. The zero-order valence-corrected chi connectivity index (χ0v) is 18.7. The molecular weight excluding hydrogens is 418 g/mol. The standard InChI is InChI=1S/C22H27N3O3S2/c1-2-24-13-10-17-15-20(7-8-21(17)24)30(27,28)25-12-3-5-18(16-25)22(26)23-11-9-19-6-4-14-29-19/h4,6-8,10,13-15,18H,2-3,5,9,11-12,16H2,1H3,(H,23,26). The highest BCUT2D eigenvalue weighted by Crippen LogP contribution is 2.27. The zero-order valence-electron chi connectivity index (χ0n) is 17.1. The first-order valence-corrected chi connectivity index (χ1v) is 12.7. The van der Waals surface area contributed by atoms with Crippen molar-refractivity contribution >= 4 is 38.2 Å². The molecular formula is C22H27N3O3S2. The lowest BCUT2D eigenvalue weighted by atomic mass is 9.99. The monoisotopic (exact) mass is 445 g/mol. The summed E-state index contributed by atoms with van der Waals surface area (Å²) in [6, 6.07) is 11.3. The molecule has 1 aliphatic heterocycles. The van der Waals surface area contributed by atoms with E-state index >= 15 is 0 Å². The molecule has 1 amide bonds. The van der Waals surface area contributed by atoms with Crippen LogP contribution in [0.5, 0.6) is 0 Å². The third-order valence-electron chi connectivity index (χ3n) is 5.73. The van der Waals surface area contributed by atoms with Crippen molar-refractivity contribution in [2.45, 2.75) is 37.6 Å². The Morgan fingerprint density at radius 1 is 1.27 bits per heavy atom. The summed E-state index contributed by atoms with van der Waals surface area (Å²) in [4.78, 5) is 14.1. The lowest BCUT2D eigenvalue weighted by Crippen LogP contribution is -2.45. The Labute approximate surface area is 181 Å². The molecule has 1 atom stereocenters. The molecule has 1 aromatic carbocycles. The van der Waals surface area contributed by atoms with Gasteiger partial charge in [-0.3, -0.25) is 4.79 Å². The van der Waals surface area contributed by atoms with Gasteiger partial charge in [0.1, 0.15) is 0 Å². The number of piperidine rings is 1. The summed E-state index contributed by atoms with van der Waals surface area (Å²) in [6.45, 7) is 4.17. The molecule has 0 spiro atoms. The average molecular weight is 446 g/mol. The zero-order chi connectivity index (χ0) is 21.1. The Morgan fingerprint density at radius 2 is 2.13 bits per heavy atom. The predicted molar refractivity (Wildman–Crippen MR) is 120 cm³/mol. The van der Waals surface area contributed by atoms with E-state index in [1.165, 1.54) is 9.18 Å². The number of aromatic nitrogens is 1. The molecule has 1 unspecified atom stereocenters. The van der Waals surface area contributed by atoms with Crippen LogP contribution in [0.15, 0.2) is 52.9 Å². The topological polar surface area (TPSA) is 71.4 Å². The molecule has 2 aromatic heterocycles. The predicted octanol–water partition coefficient (Wildman–Crippen LogP) is 3.48. The highest BCUT2D eigenvalue weighted by Gasteiger charge is 2.33. The molecule has 1 fully saturated rings. The Bertz CT molecular complexity index is 1120. The van der Waals surface area contributed by atoms with Gasteiger partial charge in [0.2, 0.25) is 15.9 Å². The van der Waals surface area contributed by atoms with Crippen molar-refractivity contribution in [3.05, 3.63) is 52.9 Å². The molecule has 0 saturated carbocycles. The lowest BCUT2D eigenvalue weighted by molar-refractivity contribution is -0.126. The van der Waals surface area contributed by atoms with Crippen molar-refractivity contribution in [3.63, 3.8) is 0 Å². The van der Waals surface area contributed by atoms with Crippen LogP contribution in [0.2, 0.25) is 0 Å². The number of carbonyl (C=O) groups excluding carboxylic acids is 1. The number of hydrogen-bond donors (Lipinski definition) is 1. The maximum Gasteiger partial charge on any atom is 0.243 e. The van der Waals surface area contributed by atoms with Gasteiger partial charge in [-0.2, -0.15) is 4.31 Å². The molecule has 6 nitrogen and oxygen atoms in total. The van der Waals surface area contributed by atoms with Gasteiger partial charge in [0.25, 0.3) is 0 Å². The van der Waals surface area contributed by atoms with Gasteiger partial charge in [0.15, 0.2) is 0 Å². The molecule has 0 aliphatic carbocycles. The highest BCUT2D eigenvalue weighted by atomic mass is 32.2. The summed E-state index contributed by atoms with van der Waals surface area (Å²) in [7, 11) is -3.63. The number of nitrogens with zero attached hydrogens (tertiary/aromatic N) is 2. The Morgan fingerprint density at radius 3 is 2.90 bits per heavy atom. The third kappa shape index (κ3) is 4.31. The first-order valence-electron chi connectivity index (χ1n) is 10.4. The van der Waals surface area contributed by atoms with Crippen molar-refractivity contribution in [1.29, 1.82) is 0 Å². The minimum atomic E-state index is -3.63. The van der Waals surface area contributed by atoms with E-state index in [1.54, 1.807) is 23.5 Å². The van der Waals surface area contributed by atoms with Gasteiger partial charge in [0.05, 0.1) is 10.8 Å². The van der Waals surface area contributed by atoms with Crippen molar-refractivity contribution in [3.8, 4) is 0 Å². The van der Waals surface area contributed by atoms with Gasteiger partial charge >= 0.3 is 0 Å². The fourth-order valence-corrected chi connectivity index (χ4v) is 6.31. The fourth-order valence-electron chi connectivity index (χ4n) is 4.05. The van der Waals surface area contributed by atoms with Crippen molar-refractivity contribution in [2.75, 3.05) is 19.6 Å². The van der Waals surface area contributed by atoms with Crippen LogP contribution in [0.1, 0.15) is 24.6 Å². The van der Waals surface area contributed by atoms with Crippen LogP contribution in [0.4, 0.5) is 0 Å². The van der Waals surface area contributed by atoms with E-state index in [1.807, 2.05) is 29.8 Å². The lowest BCUT2D eigenvalue weighted by Gasteiger charge is -2.31. The molecule has 0 radical (unpaired) electrons. The second kappa shape index (κ2) is 8.91. The molecule has 30 heavy (non-hydrogen) atoms. The van der Waals surface area contributed by atoms with Crippen LogP contribution in [0.3, 0.4) is 0 Å². The van der Waals surface area contributed by atoms with Gasteiger partial charge in [-0.1, -0.05) is 6.07 Å². The number of amides is 1. The average Bonchev–Trinajstić information content (AvgIpc) is 3.42. The molecule has 3 aromatic rings. The van der Waals surface area contributed by atoms with E-state index < -0.39 is 10.0 Å². The highest BCUT2D eigenvalue weighted by molar-refractivity contribution is 7.89. The van der Waals surface area contributed by atoms with Crippen molar-refractivity contribution in [2.24, 2.45) is 5.92 Å².